The van der Waals surface area contributed by atoms with Crippen LogP contribution in [0.4, 0.5) is 16.2 Å². The smallest absolute Gasteiger partial charge is 0.409 e. The van der Waals surface area contributed by atoms with Crippen molar-refractivity contribution in [3.63, 3.8) is 0 Å². The molecule has 0 spiro atoms. The van der Waals surface area contributed by atoms with Crippen LogP contribution in [0, 0.1) is 0 Å². The van der Waals surface area contributed by atoms with Crippen molar-refractivity contribution in [3.8, 4) is 0 Å². The number of fused-ring (bicyclic) bond motifs is 1. The maximum absolute atomic E-state index is 13.0. The number of hydrogen-bond donors (Lipinski definition) is 4. The number of rotatable bonds is 4. The molecule has 8 nitrogen and oxygen atoms in total. The lowest BCUT2D eigenvalue weighted by Crippen LogP contribution is -2.20. The van der Waals surface area contributed by atoms with Gasteiger partial charge in [-0.05, 0) is 47.4 Å². The molecule has 0 atom stereocenters. The quantitative estimate of drug-likeness (QED) is 0.425. The zero-order valence-corrected chi connectivity index (χ0v) is 18.1. The van der Waals surface area contributed by atoms with Gasteiger partial charge < -0.3 is 20.6 Å². The van der Waals surface area contributed by atoms with Crippen LogP contribution in [0.15, 0.2) is 45.3 Å². The summed E-state index contributed by atoms with van der Waals surface area (Å²) in [6.07, 6.45) is -1.20. The monoisotopic (exact) mass is 473 g/mol. The van der Waals surface area contributed by atoms with Gasteiger partial charge in [0.1, 0.15) is 11.3 Å². The second kappa shape index (κ2) is 7.83. The maximum Gasteiger partial charge on any atom is 0.409 e. The Morgan fingerprint density at radius 1 is 1.07 bits per heavy atom. The van der Waals surface area contributed by atoms with E-state index >= 15 is 0 Å². The molecule has 1 heterocycles. The van der Waals surface area contributed by atoms with Crippen LogP contribution < -0.4 is 16.4 Å². The van der Waals surface area contributed by atoms with Gasteiger partial charge in [0.25, 0.3) is 11.8 Å². The van der Waals surface area contributed by atoms with Crippen molar-refractivity contribution in [1.29, 1.82) is 0 Å². The average Bonchev–Trinajstić information content (AvgIpc) is 2.98. The Balaban J connectivity index is 2.04. The van der Waals surface area contributed by atoms with Gasteiger partial charge in [0.05, 0.1) is 0 Å². The van der Waals surface area contributed by atoms with Crippen LogP contribution >= 0.6 is 15.9 Å². The molecule has 9 heteroatoms. The average molecular weight is 474 g/mol. The molecule has 0 aliphatic heterocycles. The molecule has 0 saturated heterocycles. The van der Waals surface area contributed by atoms with Crippen LogP contribution in [-0.2, 0) is 5.41 Å². The van der Waals surface area contributed by atoms with E-state index in [-0.39, 0.29) is 17.0 Å². The van der Waals surface area contributed by atoms with Gasteiger partial charge in [0, 0.05) is 21.1 Å². The van der Waals surface area contributed by atoms with E-state index in [0.29, 0.717) is 22.2 Å². The van der Waals surface area contributed by atoms with Gasteiger partial charge in [0.2, 0.25) is 5.76 Å². The highest BCUT2D eigenvalue weighted by Crippen LogP contribution is 2.34. The summed E-state index contributed by atoms with van der Waals surface area (Å²) in [5, 5.41) is 14.6. The van der Waals surface area contributed by atoms with Gasteiger partial charge in [-0.1, -0.05) is 36.7 Å². The molecule has 0 bridgehead atoms. The summed E-state index contributed by atoms with van der Waals surface area (Å²) in [5.74, 6) is -1.46. The number of halogens is 1. The Bertz CT molecular complexity index is 1180. The number of primary amides is 1. The Morgan fingerprint density at radius 2 is 1.77 bits per heavy atom. The van der Waals surface area contributed by atoms with Crippen molar-refractivity contribution >= 4 is 56.2 Å². The van der Waals surface area contributed by atoms with Gasteiger partial charge in [-0.3, -0.25) is 14.9 Å². The fourth-order valence-corrected chi connectivity index (χ4v) is 3.44. The van der Waals surface area contributed by atoms with Crippen LogP contribution in [0.5, 0.6) is 0 Å². The number of carboxylic acid groups (broad SMARTS) is 1. The second-order valence-electron chi connectivity index (χ2n) is 7.71. The van der Waals surface area contributed by atoms with E-state index < -0.39 is 23.3 Å². The SMILES string of the molecule is CC(C)(C)c1cc(C(=O)Nc2c(C(N)=O)oc3ccc(Br)cc23)ccc1NC(=O)O. The summed E-state index contributed by atoms with van der Waals surface area (Å²) in [5.41, 5.74) is 6.89. The molecule has 0 aliphatic rings. The molecule has 0 fully saturated rings. The number of anilines is 2. The van der Waals surface area contributed by atoms with Gasteiger partial charge in [0.15, 0.2) is 0 Å². The van der Waals surface area contributed by atoms with E-state index in [1.807, 2.05) is 20.8 Å². The number of hydrogen-bond acceptors (Lipinski definition) is 4. The molecular formula is C21H20BrN3O5. The lowest BCUT2D eigenvalue weighted by molar-refractivity contribution is 0.0977. The van der Waals surface area contributed by atoms with Crippen molar-refractivity contribution in [1.82, 2.24) is 0 Å². The minimum absolute atomic E-state index is 0.156. The summed E-state index contributed by atoms with van der Waals surface area (Å²) in [7, 11) is 0. The molecule has 0 unspecified atom stereocenters. The van der Waals surface area contributed by atoms with E-state index in [0.717, 1.165) is 4.47 Å². The lowest BCUT2D eigenvalue weighted by atomic mass is 9.84. The molecule has 0 aliphatic carbocycles. The maximum atomic E-state index is 13.0. The number of amides is 3. The van der Waals surface area contributed by atoms with Gasteiger partial charge in [-0.25, -0.2) is 4.79 Å². The van der Waals surface area contributed by atoms with E-state index in [1.54, 1.807) is 24.3 Å². The van der Waals surface area contributed by atoms with Crippen LogP contribution in [-0.4, -0.2) is 23.0 Å². The van der Waals surface area contributed by atoms with Crippen molar-refractivity contribution in [3.05, 3.63) is 57.8 Å². The van der Waals surface area contributed by atoms with Crippen molar-refractivity contribution < 1.29 is 23.9 Å². The van der Waals surface area contributed by atoms with E-state index in [2.05, 4.69) is 26.6 Å². The molecule has 1 aromatic heterocycles. The van der Waals surface area contributed by atoms with Crippen molar-refractivity contribution in [2.24, 2.45) is 5.73 Å². The molecule has 0 radical (unpaired) electrons. The number of nitrogens with one attached hydrogen (secondary N) is 2. The summed E-state index contributed by atoms with van der Waals surface area (Å²) >= 11 is 3.36. The predicted molar refractivity (Wildman–Crippen MR) is 117 cm³/mol. The van der Waals surface area contributed by atoms with Crippen LogP contribution in [0.2, 0.25) is 0 Å². The zero-order valence-electron chi connectivity index (χ0n) is 16.5. The topological polar surface area (TPSA) is 135 Å². The third kappa shape index (κ3) is 4.30. The van der Waals surface area contributed by atoms with Crippen molar-refractivity contribution in [2.75, 3.05) is 10.6 Å². The number of furan rings is 1. The first-order valence-electron chi connectivity index (χ1n) is 8.95. The Kier molecular flexibility index (Phi) is 5.58. The third-order valence-corrected chi connectivity index (χ3v) is 4.94. The molecule has 0 saturated carbocycles. The Hall–Kier alpha value is -3.33. The number of nitrogens with two attached hydrogens (primary N) is 1. The van der Waals surface area contributed by atoms with Gasteiger partial charge >= 0.3 is 6.09 Å². The van der Waals surface area contributed by atoms with Gasteiger partial charge in [-0.2, -0.15) is 0 Å². The molecule has 30 heavy (non-hydrogen) atoms. The normalized spacial score (nSPS) is 11.3. The van der Waals surface area contributed by atoms with Crippen LogP contribution in [0.3, 0.4) is 0 Å². The predicted octanol–water partition coefficient (Wildman–Crippen LogP) is 4.93. The van der Waals surface area contributed by atoms with Crippen molar-refractivity contribution in [2.45, 2.75) is 26.2 Å². The van der Waals surface area contributed by atoms with E-state index in [9.17, 15) is 14.4 Å². The first kappa shape index (κ1) is 21.4. The minimum Gasteiger partial charge on any atom is -0.465 e. The fourth-order valence-electron chi connectivity index (χ4n) is 3.08. The molecule has 2 aromatic carbocycles. The summed E-state index contributed by atoms with van der Waals surface area (Å²) in [6.45, 7) is 5.72. The highest BCUT2D eigenvalue weighted by atomic mass is 79.9. The summed E-state index contributed by atoms with van der Waals surface area (Å²) in [4.78, 5) is 35.9. The Labute approximate surface area is 180 Å². The molecule has 5 N–H and O–H groups in total. The Morgan fingerprint density at radius 3 is 2.37 bits per heavy atom. The number of carbonyl (C=O) groups excluding carboxylic acids is 2. The number of carbonyl (C=O) groups is 3. The highest BCUT2D eigenvalue weighted by molar-refractivity contribution is 9.10. The van der Waals surface area contributed by atoms with E-state index in [4.69, 9.17) is 15.3 Å². The first-order chi connectivity index (χ1) is 14.0. The minimum atomic E-state index is -1.20. The number of benzene rings is 2. The fraction of sp³-hybridized carbons (Fsp3) is 0.190. The summed E-state index contributed by atoms with van der Waals surface area (Å²) in [6, 6.07) is 9.75. The third-order valence-electron chi connectivity index (χ3n) is 4.44. The standard InChI is InChI=1S/C21H20BrN3O5/c1-21(2,3)13-8-10(4-6-14(13)24-20(28)29)19(27)25-16-12-9-11(22)5-7-15(12)30-17(16)18(23)26/h4-9,24H,1-3H3,(H2,23,26)(H,25,27)(H,28,29). The van der Waals surface area contributed by atoms with Crippen LogP contribution in [0.1, 0.15) is 47.2 Å². The first-order valence-corrected chi connectivity index (χ1v) is 9.74. The second-order valence-corrected chi connectivity index (χ2v) is 8.62. The molecule has 3 aromatic rings. The summed E-state index contributed by atoms with van der Waals surface area (Å²) < 4.78 is 6.25. The molecule has 156 valence electrons. The highest BCUT2D eigenvalue weighted by Gasteiger charge is 2.24. The molecule has 3 rings (SSSR count). The molecular weight excluding hydrogens is 454 g/mol. The zero-order chi connectivity index (χ0) is 22.2. The van der Waals surface area contributed by atoms with Crippen LogP contribution in [0.25, 0.3) is 11.0 Å². The largest absolute Gasteiger partial charge is 0.465 e. The molecule has 3 amide bonds. The van der Waals surface area contributed by atoms with Gasteiger partial charge in [-0.15, -0.1) is 0 Å². The van der Waals surface area contributed by atoms with E-state index in [1.165, 1.54) is 12.1 Å². The lowest BCUT2D eigenvalue weighted by Gasteiger charge is -2.23.